The number of primary amides is 1. The maximum Gasteiger partial charge on any atom is 0.338 e. The lowest BCUT2D eigenvalue weighted by molar-refractivity contribution is -0.123. The van der Waals surface area contributed by atoms with E-state index in [0.717, 1.165) is 0 Å². The highest BCUT2D eigenvalue weighted by molar-refractivity contribution is 6.31. The van der Waals surface area contributed by atoms with Gasteiger partial charge in [-0.15, -0.1) is 0 Å². The van der Waals surface area contributed by atoms with Gasteiger partial charge in [0.2, 0.25) is 0 Å². The Morgan fingerprint density at radius 1 is 1.12 bits per heavy atom. The van der Waals surface area contributed by atoms with Crippen LogP contribution < -0.4 is 16.4 Å². The highest BCUT2D eigenvalue weighted by Crippen LogP contribution is 2.23. The second-order valence-corrected chi connectivity index (χ2v) is 5.93. The molecule has 0 spiro atoms. The zero-order chi connectivity index (χ0) is 19.3. The van der Waals surface area contributed by atoms with Crippen molar-refractivity contribution in [3.8, 4) is 0 Å². The van der Waals surface area contributed by atoms with E-state index in [1.807, 2.05) is 0 Å². The number of hydrogen-bond donors (Lipinski definition) is 3. The molecule has 0 aliphatic carbocycles. The predicted molar refractivity (Wildman–Crippen MR) is 99.3 cm³/mol. The second-order valence-electron chi connectivity index (χ2n) is 5.52. The van der Waals surface area contributed by atoms with Crippen molar-refractivity contribution in [3.05, 3.63) is 58.6 Å². The standard InChI is InChI=1S/C18H18ClN3O4/c1-10-14(19)7-4-8-15(10)22-16(23)11(2)26-17(24)12-5-3-6-13(9-12)21-18(20)25/h3-9,11H,1-2H3,(H,22,23)(H3,20,21,25)/t11-/m0/s1. The number of benzene rings is 2. The topological polar surface area (TPSA) is 111 Å². The third-order valence-corrected chi connectivity index (χ3v) is 3.95. The Bertz CT molecular complexity index is 854. The number of amides is 3. The van der Waals surface area contributed by atoms with Crippen molar-refractivity contribution in [2.24, 2.45) is 5.73 Å². The molecule has 26 heavy (non-hydrogen) atoms. The minimum atomic E-state index is -1.03. The summed E-state index contributed by atoms with van der Waals surface area (Å²) in [6.45, 7) is 3.23. The molecule has 0 radical (unpaired) electrons. The van der Waals surface area contributed by atoms with Crippen molar-refractivity contribution in [2.45, 2.75) is 20.0 Å². The summed E-state index contributed by atoms with van der Waals surface area (Å²) in [5, 5.41) is 5.55. The van der Waals surface area contributed by atoms with Gasteiger partial charge in [0, 0.05) is 16.4 Å². The highest BCUT2D eigenvalue weighted by atomic mass is 35.5. The van der Waals surface area contributed by atoms with E-state index in [1.165, 1.54) is 19.1 Å². The van der Waals surface area contributed by atoms with Crippen molar-refractivity contribution in [1.29, 1.82) is 0 Å². The predicted octanol–water partition coefficient (Wildman–Crippen LogP) is 3.32. The normalized spacial score (nSPS) is 11.3. The van der Waals surface area contributed by atoms with Gasteiger partial charge < -0.3 is 21.1 Å². The van der Waals surface area contributed by atoms with Crippen LogP contribution in [0.15, 0.2) is 42.5 Å². The van der Waals surface area contributed by atoms with Gasteiger partial charge in [0.25, 0.3) is 5.91 Å². The van der Waals surface area contributed by atoms with Crippen LogP contribution in [-0.4, -0.2) is 24.0 Å². The molecule has 2 aromatic rings. The fourth-order valence-corrected chi connectivity index (χ4v) is 2.30. The van der Waals surface area contributed by atoms with Crippen LogP contribution in [0.4, 0.5) is 16.2 Å². The van der Waals surface area contributed by atoms with E-state index in [9.17, 15) is 14.4 Å². The molecule has 8 heteroatoms. The van der Waals surface area contributed by atoms with Gasteiger partial charge in [0.05, 0.1) is 5.56 Å². The molecule has 1 atom stereocenters. The molecule has 0 saturated heterocycles. The van der Waals surface area contributed by atoms with Gasteiger partial charge >= 0.3 is 12.0 Å². The van der Waals surface area contributed by atoms with E-state index in [0.29, 0.717) is 22.0 Å². The summed E-state index contributed by atoms with van der Waals surface area (Å²) in [4.78, 5) is 35.3. The van der Waals surface area contributed by atoms with E-state index < -0.39 is 24.0 Å². The van der Waals surface area contributed by atoms with Gasteiger partial charge in [-0.25, -0.2) is 9.59 Å². The van der Waals surface area contributed by atoms with Crippen LogP contribution in [0, 0.1) is 6.92 Å². The van der Waals surface area contributed by atoms with Gasteiger partial charge in [0.15, 0.2) is 6.10 Å². The second kappa shape index (κ2) is 8.35. The number of halogens is 1. The van der Waals surface area contributed by atoms with Crippen LogP contribution >= 0.6 is 11.6 Å². The zero-order valence-electron chi connectivity index (χ0n) is 14.2. The summed E-state index contributed by atoms with van der Waals surface area (Å²) in [6, 6.07) is 10.4. The first-order chi connectivity index (χ1) is 12.3. The average Bonchev–Trinajstić information content (AvgIpc) is 2.58. The van der Waals surface area contributed by atoms with E-state index in [1.54, 1.807) is 37.3 Å². The number of urea groups is 1. The quantitative estimate of drug-likeness (QED) is 0.696. The Morgan fingerprint density at radius 3 is 2.50 bits per heavy atom. The van der Waals surface area contributed by atoms with E-state index in [-0.39, 0.29) is 5.56 Å². The summed E-state index contributed by atoms with van der Waals surface area (Å²) in [5.74, 6) is -1.20. The number of carbonyl (C=O) groups excluding carboxylic acids is 3. The fourth-order valence-electron chi connectivity index (χ4n) is 2.13. The van der Waals surface area contributed by atoms with Gasteiger partial charge in [-0.05, 0) is 49.7 Å². The maximum atomic E-state index is 12.3. The SMILES string of the molecule is Cc1c(Cl)cccc1NC(=O)[C@H](C)OC(=O)c1cccc(NC(N)=O)c1. The van der Waals surface area contributed by atoms with Crippen LogP contribution in [0.1, 0.15) is 22.8 Å². The van der Waals surface area contributed by atoms with Gasteiger partial charge in [-0.3, -0.25) is 4.79 Å². The molecule has 136 valence electrons. The van der Waals surface area contributed by atoms with Gasteiger partial charge in [-0.1, -0.05) is 23.7 Å². The lowest BCUT2D eigenvalue weighted by Crippen LogP contribution is -2.30. The van der Waals surface area contributed by atoms with Crippen LogP contribution in [-0.2, 0) is 9.53 Å². The number of rotatable bonds is 5. The summed E-state index contributed by atoms with van der Waals surface area (Å²) >= 11 is 6.02. The smallest absolute Gasteiger partial charge is 0.338 e. The number of anilines is 2. The maximum absolute atomic E-state index is 12.3. The van der Waals surface area contributed by atoms with E-state index in [2.05, 4.69) is 10.6 Å². The molecule has 3 amide bonds. The van der Waals surface area contributed by atoms with Crippen LogP contribution in [0.5, 0.6) is 0 Å². The van der Waals surface area contributed by atoms with E-state index in [4.69, 9.17) is 22.1 Å². The zero-order valence-corrected chi connectivity index (χ0v) is 15.0. The molecule has 0 heterocycles. The number of esters is 1. The molecule has 0 fully saturated rings. The first-order valence-electron chi connectivity index (χ1n) is 7.71. The molecule has 0 saturated carbocycles. The molecule has 4 N–H and O–H groups in total. The van der Waals surface area contributed by atoms with Crippen molar-refractivity contribution < 1.29 is 19.1 Å². The molecular formula is C18H18ClN3O4. The van der Waals surface area contributed by atoms with E-state index >= 15 is 0 Å². The number of nitrogens with two attached hydrogens (primary N) is 1. The van der Waals surface area contributed by atoms with Crippen LogP contribution in [0.25, 0.3) is 0 Å². The minimum Gasteiger partial charge on any atom is -0.449 e. The molecule has 0 bridgehead atoms. The Morgan fingerprint density at radius 2 is 1.81 bits per heavy atom. The summed E-state index contributed by atoms with van der Waals surface area (Å²) in [6.07, 6.45) is -1.03. The molecule has 7 nitrogen and oxygen atoms in total. The molecule has 2 aromatic carbocycles. The number of ether oxygens (including phenoxy) is 1. The first-order valence-corrected chi connectivity index (χ1v) is 8.09. The minimum absolute atomic E-state index is 0.176. The summed E-state index contributed by atoms with van der Waals surface area (Å²) in [5.41, 5.74) is 6.81. The van der Waals surface area contributed by atoms with Crippen molar-refractivity contribution in [3.63, 3.8) is 0 Å². The fraction of sp³-hybridized carbons (Fsp3) is 0.167. The Balaban J connectivity index is 2.03. The van der Waals surface area contributed by atoms with Gasteiger partial charge in [0.1, 0.15) is 0 Å². The summed E-state index contributed by atoms with van der Waals surface area (Å²) in [7, 11) is 0. The molecular weight excluding hydrogens is 358 g/mol. The number of nitrogens with one attached hydrogen (secondary N) is 2. The highest BCUT2D eigenvalue weighted by Gasteiger charge is 2.20. The van der Waals surface area contributed by atoms with Crippen molar-refractivity contribution >= 4 is 40.9 Å². The number of carbonyl (C=O) groups is 3. The lowest BCUT2D eigenvalue weighted by Gasteiger charge is -2.15. The molecule has 2 rings (SSSR count). The monoisotopic (exact) mass is 375 g/mol. The van der Waals surface area contributed by atoms with Gasteiger partial charge in [-0.2, -0.15) is 0 Å². The van der Waals surface area contributed by atoms with Crippen LogP contribution in [0.2, 0.25) is 5.02 Å². The third kappa shape index (κ3) is 4.97. The third-order valence-electron chi connectivity index (χ3n) is 3.54. The molecule has 0 aromatic heterocycles. The molecule has 0 aliphatic heterocycles. The Labute approximate surface area is 155 Å². The largest absolute Gasteiger partial charge is 0.449 e. The van der Waals surface area contributed by atoms with Crippen LogP contribution in [0.3, 0.4) is 0 Å². The van der Waals surface area contributed by atoms with Crippen molar-refractivity contribution in [1.82, 2.24) is 0 Å². The Kier molecular flexibility index (Phi) is 6.19. The molecule has 0 unspecified atom stereocenters. The first kappa shape index (κ1) is 19.3. The Hall–Kier alpha value is -3.06. The lowest BCUT2D eigenvalue weighted by atomic mass is 10.2. The summed E-state index contributed by atoms with van der Waals surface area (Å²) < 4.78 is 5.17. The number of hydrogen-bond acceptors (Lipinski definition) is 4. The molecule has 0 aliphatic rings. The average molecular weight is 376 g/mol. The van der Waals surface area contributed by atoms with Crippen molar-refractivity contribution in [2.75, 3.05) is 10.6 Å².